The van der Waals surface area contributed by atoms with Crippen molar-refractivity contribution in [2.75, 3.05) is 13.7 Å². The average molecular weight is 207 g/mol. The fraction of sp³-hybridized carbons (Fsp3) is 0.500. The van der Waals surface area contributed by atoms with Crippen molar-refractivity contribution >= 4 is 0 Å². The zero-order chi connectivity index (χ0) is 10.7. The molecule has 0 saturated carbocycles. The molecule has 2 N–H and O–H groups in total. The minimum Gasteiger partial charge on any atom is -0.497 e. The summed E-state index contributed by atoms with van der Waals surface area (Å²) < 4.78 is 10.9. The third kappa shape index (κ3) is 2.30. The van der Waals surface area contributed by atoms with Crippen LogP contribution in [0, 0.1) is 0 Å². The molecule has 15 heavy (non-hydrogen) atoms. The molecule has 1 saturated heterocycles. The molecule has 1 heterocycles. The lowest BCUT2D eigenvalue weighted by Crippen LogP contribution is -2.34. The Labute approximate surface area is 90.2 Å². The van der Waals surface area contributed by atoms with Crippen molar-refractivity contribution in [3.05, 3.63) is 29.8 Å². The van der Waals surface area contributed by atoms with Crippen LogP contribution in [0.2, 0.25) is 0 Å². The molecule has 0 aliphatic carbocycles. The molecule has 0 bridgehead atoms. The van der Waals surface area contributed by atoms with Gasteiger partial charge in [0.25, 0.3) is 0 Å². The van der Waals surface area contributed by atoms with Crippen molar-refractivity contribution in [3.8, 4) is 5.75 Å². The first-order valence-corrected chi connectivity index (χ1v) is 5.32. The predicted octanol–water partition coefficient (Wildman–Crippen LogP) is 1.87. The van der Waals surface area contributed by atoms with E-state index in [1.165, 1.54) is 0 Å². The number of hydrogen-bond donors (Lipinski definition) is 1. The van der Waals surface area contributed by atoms with Gasteiger partial charge in [0.15, 0.2) is 0 Å². The summed E-state index contributed by atoms with van der Waals surface area (Å²) in [5.41, 5.74) is 7.15. The van der Waals surface area contributed by atoms with E-state index < -0.39 is 0 Å². The Kier molecular flexibility index (Phi) is 3.23. The van der Waals surface area contributed by atoms with E-state index in [0.29, 0.717) is 0 Å². The Hall–Kier alpha value is -1.06. The summed E-state index contributed by atoms with van der Waals surface area (Å²) in [5.74, 6) is 0.855. The lowest BCUT2D eigenvalue weighted by atomic mass is 9.97. The van der Waals surface area contributed by atoms with Crippen molar-refractivity contribution < 1.29 is 9.47 Å². The molecule has 82 valence electrons. The highest BCUT2D eigenvalue weighted by molar-refractivity contribution is 5.30. The van der Waals surface area contributed by atoms with Crippen LogP contribution in [0.5, 0.6) is 5.75 Å². The summed E-state index contributed by atoms with van der Waals surface area (Å²) in [6.45, 7) is 0.801. The van der Waals surface area contributed by atoms with Crippen molar-refractivity contribution in [1.29, 1.82) is 0 Å². The van der Waals surface area contributed by atoms with Crippen LogP contribution in [0.15, 0.2) is 24.3 Å². The van der Waals surface area contributed by atoms with E-state index in [4.69, 9.17) is 15.2 Å². The van der Waals surface area contributed by atoms with E-state index in [-0.39, 0.29) is 12.1 Å². The van der Waals surface area contributed by atoms with Crippen LogP contribution < -0.4 is 10.5 Å². The normalized spacial score (nSPS) is 26.3. The van der Waals surface area contributed by atoms with Gasteiger partial charge >= 0.3 is 0 Å². The largest absolute Gasteiger partial charge is 0.497 e. The van der Waals surface area contributed by atoms with Crippen molar-refractivity contribution in [3.63, 3.8) is 0 Å². The van der Waals surface area contributed by atoms with E-state index in [0.717, 1.165) is 30.8 Å². The summed E-state index contributed by atoms with van der Waals surface area (Å²) in [6.07, 6.45) is 2.11. The average Bonchev–Trinajstić information content (AvgIpc) is 2.30. The number of benzene rings is 1. The van der Waals surface area contributed by atoms with Crippen LogP contribution in [0.1, 0.15) is 24.5 Å². The SMILES string of the molecule is COc1cccc(C2OCCCC2N)c1. The van der Waals surface area contributed by atoms with Crippen LogP contribution in [0.25, 0.3) is 0 Å². The monoisotopic (exact) mass is 207 g/mol. The summed E-state index contributed by atoms with van der Waals surface area (Å²) in [5, 5.41) is 0. The van der Waals surface area contributed by atoms with Crippen LogP contribution in [0.3, 0.4) is 0 Å². The van der Waals surface area contributed by atoms with Crippen LogP contribution in [-0.2, 0) is 4.74 Å². The molecule has 2 unspecified atom stereocenters. The highest BCUT2D eigenvalue weighted by atomic mass is 16.5. The summed E-state index contributed by atoms with van der Waals surface area (Å²) in [7, 11) is 1.67. The fourth-order valence-electron chi connectivity index (χ4n) is 1.97. The molecule has 0 aromatic heterocycles. The number of rotatable bonds is 2. The van der Waals surface area contributed by atoms with Crippen molar-refractivity contribution in [2.45, 2.75) is 25.0 Å². The molecule has 0 radical (unpaired) electrons. The number of nitrogens with two attached hydrogens (primary N) is 1. The molecule has 3 heteroatoms. The molecule has 3 nitrogen and oxygen atoms in total. The van der Waals surface area contributed by atoms with E-state index in [2.05, 4.69) is 0 Å². The molecular formula is C12H17NO2. The molecule has 1 aliphatic rings. The van der Waals surface area contributed by atoms with Crippen LogP contribution in [0.4, 0.5) is 0 Å². The molecule has 0 amide bonds. The van der Waals surface area contributed by atoms with Gasteiger partial charge in [0.1, 0.15) is 5.75 Å². The topological polar surface area (TPSA) is 44.5 Å². The van der Waals surface area contributed by atoms with E-state index >= 15 is 0 Å². The second-order valence-electron chi connectivity index (χ2n) is 3.87. The number of ether oxygens (including phenoxy) is 2. The summed E-state index contributed by atoms with van der Waals surface area (Å²) in [4.78, 5) is 0. The molecular weight excluding hydrogens is 190 g/mol. The first kappa shape index (κ1) is 10.5. The lowest BCUT2D eigenvalue weighted by molar-refractivity contribution is 0.0000461. The van der Waals surface area contributed by atoms with E-state index in [9.17, 15) is 0 Å². The van der Waals surface area contributed by atoms with Gasteiger partial charge in [-0.05, 0) is 30.5 Å². The Bertz CT molecular complexity index is 327. The minimum absolute atomic E-state index is 0.0221. The zero-order valence-corrected chi connectivity index (χ0v) is 8.98. The molecule has 1 aliphatic heterocycles. The van der Waals surface area contributed by atoms with Gasteiger partial charge < -0.3 is 15.2 Å². The second kappa shape index (κ2) is 4.64. The third-order valence-corrected chi connectivity index (χ3v) is 2.79. The first-order valence-electron chi connectivity index (χ1n) is 5.32. The van der Waals surface area contributed by atoms with Gasteiger partial charge in [0, 0.05) is 12.6 Å². The van der Waals surface area contributed by atoms with Gasteiger partial charge in [-0.25, -0.2) is 0 Å². The van der Waals surface area contributed by atoms with Gasteiger partial charge in [-0.3, -0.25) is 0 Å². The molecule has 1 fully saturated rings. The smallest absolute Gasteiger partial charge is 0.119 e. The molecule has 1 aromatic rings. The summed E-state index contributed by atoms with van der Waals surface area (Å²) in [6, 6.07) is 8.04. The van der Waals surface area contributed by atoms with Crippen LogP contribution >= 0.6 is 0 Å². The Morgan fingerprint density at radius 1 is 1.47 bits per heavy atom. The van der Waals surface area contributed by atoms with Gasteiger partial charge in [0.05, 0.1) is 13.2 Å². The fourth-order valence-corrected chi connectivity index (χ4v) is 1.97. The molecule has 2 atom stereocenters. The molecule has 2 rings (SSSR count). The first-order chi connectivity index (χ1) is 7.31. The van der Waals surface area contributed by atoms with Gasteiger partial charge in [-0.15, -0.1) is 0 Å². The predicted molar refractivity (Wildman–Crippen MR) is 58.9 cm³/mol. The number of hydrogen-bond acceptors (Lipinski definition) is 3. The standard InChI is InChI=1S/C12H17NO2/c1-14-10-5-2-4-9(8-10)12-11(13)6-3-7-15-12/h2,4-5,8,11-12H,3,6-7,13H2,1H3. The Morgan fingerprint density at radius 3 is 3.07 bits per heavy atom. The maximum absolute atomic E-state index is 6.04. The quantitative estimate of drug-likeness (QED) is 0.805. The summed E-state index contributed by atoms with van der Waals surface area (Å²) >= 11 is 0. The Balaban J connectivity index is 2.19. The lowest BCUT2D eigenvalue weighted by Gasteiger charge is -2.29. The highest BCUT2D eigenvalue weighted by Crippen LogP contribution is 2.28. The van der Waals surface area contributed by atoms with Gasteiger partial charge in [0.2, 0.25) is 0 Å². The van der Waals surface area contributed by atoms with Crippen LogP contribution in [-0.4, -0.2) is 19.8 Å². The zero-order valence-electron chi connectivity index (χ0n) is 8.98. The minimum atomic E-state index is 0.0221. The second-order valence-corrected chi connectivity index (χ2v) is 3.87. The highest BCUT2D eigenvalue weighted by Gasteiger charge is 2.24. The third-order valence-electron chi connectivity index (χ3n) is 2.79. The maximum Gasteiger partial charge on any atom is 0.119 e. The van der Waals surface area contributed by atoms with Crippen molar-refractivity contribution in [2.24, 2.45) is 5.73 Å². The Morgan fingerprint density at radius 2 is 2.33 bits per heavy atom. The van der Waals surface area contributed by atoms with Crippen molar-refractivity contribution in [1.82, 2.24) is 0 Å². The van der Waals surface area contributed by atoms with E-state index in [1.807, 2.05) is 24.3 Å². The van der Waals surface area contributed by atoms with Gasteiger partial charge in [-0.2, -0.15) is 0 Å². The molecule has 0 spiro atoms. The van der Waals surface area contributed by atoms with Gasteiger partial charge in [-0.1, -0.05) is 12.1 Å². The number of methoxy groups -OCH3 is 1. The molecule has 1 aromatic carbocycles. The van der Waals surface area contributed by atoms with E-state index in [1.54, 1.807) is 7.11 Å². The maximum atomic E-state index is 6.04.